The second kappa shape index (κ2) is 6.38. The predicted octanol–water partition coefficient (Wildman–Crippen LogP) is 4.20. The molecule has 1 aliphatic carbocycles. The van der Waals surface area contributed by atoms with E-state index in [2.05, 4.69) is 15.3 Å². The third-order valence-electron chi connectivity index (χ3n) is 5.06. The van der Waals surface area contributed by atoms with Crippen molar-refractivity contribution in [1.82, 2.24) is 9.97 Å². The van der Waals surface area contributed by atoms with Gasteiger partial charge in [-0.2, -0.15) is 0 Å². The molecule has 1 aliphatic rings. The lowest BCUT2D eigenvalue weighted by Crippen LogP contribution is -2.12. The maximum atomic E-state index is 12.9. The van der Waals surface area contributed by atoms with Crippen LogP contribution in [0.25, 0.3) is 21.0 Å². The number of carbonyl (C=O) groups excluding carboxylic acids is 2. The number of benzene rings is 1. The minimum Gasteiger partial charge on any atom is -0.397 e. The fourth-order valence-corrected chi connectivity index (χ4v) is 4.62. The summed E-state index contributed by atoms with van der Waals surface area (Å²) >= 11 is 1.26. The molecular formula is C21H16N4O2S. The topological polar surface area (TPSA) is 98.0 Å². The van der Waals surface area contributed by atoms with Crippen LogP contribution >= 0.6 is 11.3 Å². The summed E-state index contributed by atoms with van der Waals surface area (Å²) in [6.45, 7) is 0. The summed E-state index contributed by atoms with van der Waals surface area (Å²) in [6, 6.07) is 9.37. The van der Waals surface area contributed by atoms with E-state index < -0.39 is 0 Å². The first-order valence-corrected chi connectivity index (χ1v) is 9.82. The summed E-state index contributed by atoms with van der Waals surface area (Å²) in [4.78, 5) is 35.0. The number of aryl methyl sites for hydroxylation is 1. The molecule has 5 rings (SSSR count). The summed E-state index contributed by atoms with van der Waals surface area (Å²) in [5, 5.41) is 5.46. The molecule has 0 spiro atoms. The number of hydrogen-bond donors (Lipinski definition) is 2. The Bertz CT molecular complexity index is 1270. The molecule has 138 valence electrons. The van der Waals surface area contributed by atoms with Crippen LogP contribution in [0.2, 0.25) is 0 Å². The second-order valence-corrected chi connectivity index (χ2v) is 7.81. The van der Waals surface area contributed by atoms with Crippen molar-refractivity contribution >= 4 is 55.4 Å². The molecule has 1 amide bonds. The highest BCUT2D eigenvalue weighted by molar-refractivity contribution is 7.21. The lowest BCUT2D eigenvalue weighted by atomic mass is 9.94. The van der Waals surface area contributed by atoms with E-state index in [0.29, 0.717) is 38.5 Å². The molecule has 0 unspecified atom stereocenters. The number of nitrogens with one attached hydrogen (secondary N) is 1. The van der Waals surface area contributed by atoms with E-state index in [4.69, 9.17) is 5.73 Å². The van der Waals surface area contributed by atoms with Gasteiger partial charge in [-0.25, -0.2) is 4.98 Å². The Labute approximate surface area is 164 Å². The Kier molecular flexibility index (Phi) is 3.84. The number of aromatic nitrogens is 2. The standard InChI is InChI=1S/C21H16N4O2S/c22-18-13-9-12-15(5-2-6-17(12)26)25-21(13)28-19(18)20(27)24-16-4-1-3-11-7-8-23-10-14(11)16/h1,3-4,7-10H,2,5-6,22H2,(H,24,27). The number of amides is 1. The van der Waals surface area contributed by atoms with Crippen molar-refractivity contribution in [3.05, 3.63) is 58.9 Å². The highest BCUT2D eigenvalue weighted by atomic mass is 32.1. The van der Waals surface area contributed by atoms with Gasteiger partial charge >= 0.3 is 0 Å². The zero-order chi connectivity index (χ0) is 19.3. The summed E-state index contributed by atoms with van der Waals surface area (Å²) in [6.07, 6.45) is 5.56. The number of hydrogen-bond acceptors (Lipinski definition) is 6. The molecule has 0 saturated carbocycles. The zero-order valence-electron chi connectivity index (χ0n) is 14.9. The van der Waals surface area contributed by atoms with Gasteiger partial charge in [-0.15, -0.1) is 11.3 Å². The van der Waals surface area contributed by atoms with Crippen LogP contribution in [-0.2, 0) is 6.42 Å². The number of ketones is 1. The van der Waals surface area contributed by atoms with Crippen LogP contribution in [0.1, 0.15) is 38.6 Å². The number of rotatable bonds is 2. The Balaban J connectivity index is 1.56. The molecule has 0 aliphatic heterocycles. The lowest BCUT2D eigenvalue weighted by Gasteiger charge is -2.13. The van der Waals surface area contributed by atoms with E-state index in [-0.39, 0.29) is 11.7 Å². The number of nitrogens with zero attached hydrogens (tertiary/aromatic N) is 2. The van der Waals surface area contributed by atoms with Crippen molar-refractivity contribution in [3.63, 3.8) is 0 Å². The Morgan fingerprint density at radius 2 is 2.07 bits per heavy atom. The minimum absolute atomic E-state index is 0.0931. The number of anilines is 2. The highest BCUT2D eigenvalue weighted by Gasteiger charge is 2.23. The molecule has 4 aromatic rings. The predicted molar refractivity (Wildman–Crippen MR) is 111 cm³/mol. The first-order chi connectivity index (χ1) is 13.6. The van der Waals surface area contributed by atoms with E-state index >= 15 is 0 Å². The minimum atomic E-state index is -0.291. The second-order valence-electron chi connectivity index (χ2n) is 6.81. The summed E-state index contributed by atoms with van der Waals surface area (Å²) in [5.41, 5.74) is 8.75. The zero-order valence-corrected chi connectivity index (χ0v) is 15.7. The van der Waals surface area contributed by atoms with Crippen LogP contribution < -0.4 is 11.1 Å². The van der Waals surface area contributed by atoms with Gasteiger partial charge < -0.3 is 11.1 Å². The number of nitrogen functional groups attached to an aromatic ring is 1. The van der Waals surface area contributed by atoms with Crippen LogP contribution in [-0.4, -0.2) is 21.7 Å². The van der Waals surface area contributed by atoms with Gasteiger partial charge in [-0.1, -0.05) is 12.1 Å². The van der Waals surface area contributed by atoms with Gasteiger partial charge in [-0.3, -0.25) is 14.6 Å². The third kappa shape index (κ3) is 2.63. The molecule has 3 aromatic heterocycles. The van der Waals surface area contributed by atoms with Crippen molar-refractivity contribution in [3.8, 4) is 0 Å². The van der Waals surface area contributed by atoms with E-state index in [0.717, 1.165) is 29.3 Å². The lowest BCUT2D eigenvalue weighted by molar-refractivity contribution is 0.0970. The van der Waals surface area contributed by atoms with Crippen LogP contribution in [0, 0.1) is 0 Å². The SMILES string of the molecule is Nc1c(C(=O)Nc2cccc3ccncc23)sc2nc3c(cc12)C(=O)CCC3. The van der Waals surface area contributed by atoms with Gasteiger partial charge in [-0.05, 0) is 36.4 Å². The molecular weight excluding hydrogens is 372 g/mol. The third-order valence-corrected chi connectivity index (χ3v) is 6.17. The molecule has 3 heterocycles. The fourth-order valence-electron chi connectivity index (χ4n) is 3.63. The van der Waals surface area contributed by atoms with E-state index in [1.54, 1.807) is 18.5 Å². The highest BCUT2D eigenvalue weighted by Crippen LogP contribution is 2.36. The summed E-state index contributed by atoms with van der Waals surface area (Å²) in [5.74, 6) is -0.198. The summed E-state index contributed by atoms with van der Waals surface area (Å²) < 4.78 is 0. The van der Waals surface area contributed by atoms with Gasteiger partial charge in [0.1, 0.15) is 9.71 Å². The van der Waals surface area contributed by atoms with E-state index in [1.807, 2.05) is 24.3 Å². The molecule has 6 nitrogen and oxygen atoms in total. The quantitative estimate of drug-likeness (QED) is 0.536. The molecule has 3 N–H and O–H groups in total. The maximum Gasteiger partial charge on any atom is 0.267 e. The molecule has 28 heavy (non-hydrogen) atoms. The number of thiophene rings is 1. The van der Waals surface area contributed by atoms with Crippen LogP contribution in [0.15, 0.2) is 42.7 Å². The smallest absolute Gasteiger partial charge is 0.267 e. The van der Waals surface area contributed by atoms with Gasteiger partial charge in [0, 0.05) is 35.2 Å². The van der Waals surface area contributed by atoms with Crippen LogP contribution in [0.4, 0.5) is 11.4 Å². The van der Waals surface area contributed by atoms with Gasteiger partial charge in [0.15, 0.2) is 5.78 Å². The summed E-state index contributed by atoms with van der Waals surface area (Å²) in [7, 11) is 0. The van der Waals surface area contributed by atoms with Gasteiger partial charge in [0.05, 0.1) is 17.1 Å². The first kappa shape index (κ1) is 16.8. The van der Waals surface area contributed by atoms with Crippen molar-refractivity contribution in [2.75, 3.05) is 11.1 Å². The van der Waals surface area contributed by atoms with Crippen LogP contribution in [0.5, 0.6) is 0 Å². The average molecular weight is 388 g/mol. The number of carbonyl (C=O) groups is 2. The molecule has 0 atom stereocenters. The van der Waals surface area contributed by atoms with Crippen molar-refractivity contribution in [1.29, 1.82) is 0 Å². The van der Waals surface area contributed by atoms with Crippen molar-refractivity contribution in [2.45, 2.75) is 19.3 Å². The largest absolute Gasteiger partial charge is 0.397 e. The maximum absolute atomic E-state index is 12.9. The number of fused-ring (bicyclic) bond motifs is 3. The van der Waals surface area contributed by atoms with E-state index in [9.17, 15) is 9.59 Å². The van der Waals surface area contributed by atoms with Gasteiger partial charge in [0.2, 0.25) is 0 Å². The first-order valence-electron chi connectivity index (χ1n) is 9.01. The molecule has 1 aromatic carbocycles. The normalized spacial score (nSPS) is 13.6. The Hall–Kier alpha value is -3.32. The molecule has 0 fully saturated rings. The Morgan fingerprint density at radius 1 is 1.18 bits per heavy atom. The van der Waals surface area contributed by atoms with Crippen molar-refractivity contribution in [2.24, 2.45) is 0 Å². The molecule has 7 heteroatoms. The van der Waals surface area contributed by atoms with Crippen molar-refractivity contribution < 1.29 is 9.59 Å². The number of nitrogens with two attached hydrogens (primary N) is 1. The average Bonchev–Trinajstić information content (AvgIpc) is 3.03. The monoisotopic (exact) mass is 388 g/mol. The molecule has 0 saturated heterocycles. The van der Waals surface area contributed by atoms with Gasteiger partial charge in [0.25, 0.3) is 5.91 Å². The van der Waals surface area contributed by atoms with E-state index in [1.165, 1.54) is 11.3 Å². The molecule has 0 bridgehead atoms. The Morgan fingerprint density at radius 3 is 2.96 bits per heavy atom. The molecule has 0 radical (unpaired) electrons. The number of pyridine rings is 2. The van der Waals surface area contributed by atoms with Crippen LogP contribution in [0.3, 0.4) is 0 Å². The fraction of sp³-hybridized carbons (Fsp3) is 0.143. The number of Topliss-reactive ketones (excluding diaryl/α,β-unsaturated/α-hetero) is 1.